The monoisotopic (exact) mass is 258 g/mol. The van der Waals surface area contributed by atoms with Crippen LogP contribution in [0.1, 0.15) is 26.7 Å². The minimum Gasteiger partial charge on any atom is -0.367 e. The van der Waals surface area contributed by atoms with Gasteiger partial charge >= 0.3 is 0 Å². The van der Waals surface area contributed by atoms with Crippen LogP contribution in [0.15, 0.2) is 18.3 Å². The van der Waals surface area contributed by atoms with Gasteiger partial charge in [-0.15, -0.1) is 0 Å². The Kier molecular flexibility index (Phi) is 5.42. The zero-order chi connectivity index (χ0) is 12.0. The van der Waals surface area contributed by atoms with E-state index in [1.165, 1.54) is 0 Å². The van der Waals surface area contributed by atoms with Gasteiger partial charge in [-0.3, -0.25) is 0 Å². The standard InChI is InChI=1S/C12H19ClN2S/c1-4-12(5-2,16-3)9-15-11-10(13)7-6-8-14-11/h6-8H,4-5,9H2,1-3H3,(H,14,15). The molecule has 90 valence electrons. The van der Waals surface area contributed by atoms with Crippen LogP contribution in [-0.4, -0.2) is 22.5 Å². The number of hydrogen-bond donors (Lipinski definition) is 1. The fraction of sp³-hybridized carbons (Fsp3) is 0.583. The number of nitrogens with zero attached hydrogens (tertiary/aromatic N) is 1. The van der Waals surface area contributed by atoms with Crippen LogP contribution in [0.5, 0.6) is 0 Å². The molecule has 0 atom stereocenters. The van der Waals surface area contributed by atoms with Crippen LogP contribution < -0.4 is 5.32 Å². The largest absolute Gasteiger partial charge is 0.367 e. The molecule has 0 aliphatic heterocycles. The second-order valence-corrected chi connectivity index (χ2v) is 5.46. The Morgan fingerprint density at radius 3 is 2.62 bits per heavy atom. The summed E-state index contributed by atoms with van der Waals surface area (Å²) in [6.45, 7) is 5.35. The summed E-state index contributed by atoms with van der Waals surface area (Å²) in [5, 5.41) is 4.03. The number of nitrogens with one attached hydrogen (secondary N) is 1. The molecule has 1 aromatic rings. The number of thioether (sulfide) groups is 1. The SMILES string of the molecule is CCC(CC)(CNc1ncccc1Cl)SC. The van der Waals surface area contributed by atoms with Crippen molar-refractivity contribution in [3.63, 3.8) is 0 Å². The molecular formula is C12H19ClN2S. The highest BCUT2D eigenvalue weighted by atomic mass is 35.5. The van der Waals surface area contributed by atoms with E-state index in [0.29, 0.717) is 5.02 Å². The van der Waals surface area contributed by atoms with Gasteiger partial charge in [-0.25, -0.2) is 4.98 Å². The molecule has 0 radical (unpaired) electrons. The van der Waals surface area contributed by atoms with Crippen molar-refractivity contribution in [1.29, 1.82) is 0 Å². The third-order valence-corrected chi connectivity index (χ3v) is 4.95. The first-order valence-corrected chi connectivity index (χ1v) is 7.17. The van der Waals surface area contributed by atoms with Gasteiger partial charge in [0, 0.05) is 17.5 Å². The summed E-state index contributed by atoms with van der Waals surface area (Å²) in [5.41, 5.74) is 0. The van der Waals surface area contributed by atoms with E-state index in [9.17, 15) is 0 Å². The summed E-state index contributed by atoms with van der Waals surface area (Å²) in [6, 6.07) is 3.70. The fourth-order valence-corrected chi connectivity index (χ4v) is 2.60. The molecule has 0 aliphatic carbocycles. The molecule has 1 heterocycles. The number of rotatable bonds is 6. The van der Waals surface area contributed by atoms with Crippen molar-refractivity contribution in [2.24, 2.45) is 0 Å². The number of halogens is 1. The number of aromatic nitrogens is 1. The molecule has 2 nitrogen and oxygen atoms in total. The van der Waals surface area contributed by atoms with E-state index >= 15 is 0 Å². The first kappa shape index (κ1) is 13.7. The van der Waals surface area contributed by atoms with E-state index < -0.39 is 0 Å². The molecule has 0 spiro atoms. The van der Waals surface area contributed by atoms with Gasteiger partial charge in [-0.1, -0.05) is 25.4 Å². The molecule has 1 N–H and O–H groups in total. The highest BCUT2D eigenvalue weighted by molar-refractivity contribution is 8.00. The topological polar surface area (TPSA) is 24.9 Å². The lowest BCUT2D eigenvalue weighted by molar-refractivity contribution is 0.574. The van der Waals surface area contributed by atoms with Gasteiger partial charge in [-0.05, 0) is 31.2 Å². The first-order chi connectivity index (χ1) is 7.67. The summed E-state index contributed by atoms with van der Waals surface area (Å²) in [7, 11) is 0. The fourth-order valence-electron chi connectivity index (χ4n) is 1.62. The Hall–Kier alpha value is -0.410. The Balaban J connectivity index is 2.66. The second-order valence-electron chi connectivity index (χ2n) is 3.78. The molecular weight excluding hydrogens is 240 g/mol. The molecule has 0 unspecified atom stereocenters. The average molecular weight is 259 g/mol. The Morgan fingerprint density at radius 2 is 2.12 bits per heavy atom. The van der Waals surface area contributed by atoms with E-state index in [1.54, 1.807) is 6.20 Å². The molecule has 0 fully saturated rings. The van der Waals surface area contributed by atoms with Crippen LogP contribution in [0.3, 0.4) is 0 Å². The molecule has 0 aliphatic rings. The van der Waals surface area contributed by atoms with Crippen LogP contribution >= 0.6 is 23.4 Å². The van der Waals surface area contributed by atoms with Crippen molar-refractivity contribution in [2.45, 2.75) is 31.4 Å². The lowest BCUT2D eigenvalue weighted by Crippen LogP contribution is -2.32. The minimum absolute atomic E-state index is 0.279. The van der Waals surface area contributed by atoms with Gasteiger partial charge < -0.3 is 5.32 Å². The zero-order valence-electron chi connectivity index (χ0n) is 10.1. The number of pyridine rings is 1. The highest BCUT2D eigenvalue weighted by Crippen LogP contribution is 2.31. The number of hydrogen-bond acceptors (Lipinski definition) is 3. The summed E-state index contributed by atoms with van der Waals surface area (Å²) >= 11 is 7.96. The normalized spacial score (nSPS) is 11.5. The summed E-state index contributed by atoms with van der Waals surface area (Å²) in [5.74, 6) is 0.782. The van der Waals surface area contributed by atoms with E-state index in [1.807, 2.05) is 23.9 Å². The van der Waals surface area contributed by atoms with Crippen molar-refractivity contribution in [2.75, 3.05) is 18.1 Å². The molecule has 0 amide bonds. The van der Waals surface area contributed by atoms with Gasteiger partial charge in [0.05, 0.1) is 5.02 Å². The van der Waals surface area contributed by atoms with E-state index in [4.69, 9.17) is 11.6 Å². The quantitative estimate of drug-likeness (QED) is 0.833. The maximum atomic E-state index is 6.05. The van der Waals surface area contributed by atoms with Crippen molar-refractivity contribution < 1.29 is 0 Å². The van der Waals surface area contributed by atoms with E-state index in [-0.39, 0.29) is 4.75 Å². The van der Waals surface area contributed by atoms with Crippen LogP contribution in [0.2, 0.25) is 5.02 Å². The molecule has 0 aromatic carbocycles. The lowest BCUT2D eigenvalue weighted by atomic mass is 10.0. The van der Waals surface area contributed by atoms with Gasteiger partial charge in [0.25, 0.3) is 0 Å². The predicted molar refractivity (Wildman–Crippen MR) is 74.6 cm³/mol. The van der Waals surface area contributed by atoms with E-state index in [2.05, 4.69) is 30.4 Å². The van der Waals surface area contributed by atoms with Crippen molar-refractivity contribution >= 4 is 29.2 Å². The van der Waals surface area contributed by atoms with E-state index in [0.717, 1.165) is 25.2 Å². The third kappa shape index (κ3) is 3.29. The van der Waals surface area contributed by atoms with Crippen molar-refractivity contribution in [3.05, 3.63) is 23.4 Å². The van der Waals surface area contributed by atoms with Crippen LogP contribution in [0.4, 0.5) is 5.82 Å². The van der Waals surface area contributed by atoms with Gasteiger partial charge in [0.2, 0.25) is 0 Å². The molecule has 0 saturated carbocycles. The lowest BCUT2D eigenvalue weighted by Gasteiger charge is -2.30. The minimum atomic E-state index is 0.279. The maximum absolute atomic E-state index is 6.05. The average Bonchev–Trinajstić information content (AvgIpc) is 2.34. The van der Waals surface area contributed by atoms with Crippen molar-refractivity contribution in [1.82, 2.24) is 4.98 Å². The third-order valence-electron chi connectivity index (χ3n) is 3.06. The molecule has 0 saturated heterocycles. The molecule has 1 aromatic heterocycles. The molecule has 1 rings (SSSR count). The van der Waals surface area contributed by atoms with Crippen LogP contribution in [-0.2, 0) is 0 Å². The van der Waals surface area contributed by atoms with Gasteiger partial charge in [-0.2, -0.15) is 11.8 Å². The molecule has 0 bridgehead atoms. The summed E-state index contributed by atoms with van der Waals surface area (Å²) in [4.78, 5) is 4.23. The van der Waals surface area contributed by atoms with Crippen LogP contribution in [0, 0.1) is 0 Å². The maximum Gasteiger partial charge on any atom is 0.144 e. The molecule has 4 heteroatoms. The summed E-state index contributed by atoms with van der Waals surface area (Å²) in [6.07, 6.45) is 6.20. The number of anilines is 1. The Morgan fingerprint density at radius 1 is 1.44 bits per heavy atom. The first-order valence-electron chi connectivity index (χ1n) is 5.57. The highest BCUT2D eigenvalue weighted by Gasteiger charge is 2.24. The van der Waals surface area contributed by atoms with Crippen LogP contribution in [0.25, 0.3) is 0 Å². The zero-order valence-corrected chi connectivity index (χ0v) is 11.7. The Bertz CT molecular complexity index is 318. The summed E-state index contributed by atoms with van der Waals surface area (Å²) < 4.78 is 0.279. The predicted octanol–water partition coefficient (Wildman–Crippen LogP) is 4.07. The Labute approximate surface area is 107 Å². The van der Waals surface area contributed by atoms with Gasteiger partial charge in [0.1, 0.15) is 5.82 Å². The molecule has 16 heavy (non-hydrogen) atoms. The van der Waals surface area contributed by atoms with Crippen molar-refractivity contribution in [3.8, 4) is 0 Å². The van der Waals surface area contributed by atoms with Gasteiger partial charge in [0.15, 0.2) is 0 Å². The second kappa shape index (κ2) is 6.36. The smallest absolute Gasteiger partial charge is 0.144 e.